The monoisotopic (exact) mass is 308 g/mol. The van der Waals surface area contributed by atoms with Gasteiger partial charge in [-0.2, -0.15) is 13.2 Å². The molecular formula is C13H19F3N2O3. The Morgan fingerprint density at radius 2 is 2.19 bits per heavy atom. The third-order valence-electron chi connectivity index (χ3n) is 4.19. The van der Waals surface area contributed by atoms with Gasteiger partial charge in [-0.05, 0) is 19.8 Å². The van der Waals surface area contributed by atoms with E-state index in [9.17, 15) is 22.8 Å². The molecule has 5 nitrogen and oxygen atoms in total. The van der Waals surface area contributed by atoms with E-state index in [0.717, 1.165) is 4.90 Å². The van der Waals surface area contributed by atoms with Crippen LogP contribution in [0.15, 0.2) is 0 Å². The van der Waals surface area contributed by atoms with Crippen molar-refractivity contribution in [1.29, 1.82) is 0 Å². The molecule has 1 saturated heterocycles. The lowest BCUT2D eigenvalue weighted by atomic mass is 9.96. The first-order valence-corrected chi connectivity index (χ1v) is 6.87. The molecule has 1 N–H and O–H groups in total. The zero-order valence-electron chi connectivity index (χ0n) is 12.0. The van der Waals surface area contributed by atoms with Gasteiger partial charge in [0.1, 0.15) is 12.5 Å². The summed E-state index contributed by atoms with van der Waals surface area (Å²) in [6.07, 6.45) is -3.12. The second kappa shape index (κ2) is 5.47. The van der Waals surface area contributed by atoms with Crippen molar-refractivity contribution >= 4 is 11.8 Å². The molecule has 0 aromatic carbocycles. The number of piperidine rings is 1. The number of amides is 2. The second-order valence-corrected chi connectivity index (χ2v) is 5.85. The molecule has 0 aromatic heterocycles. The summed E-state index contributed by atoms with van der Waals surface area (Å²) >= 11 is 0. The normalized spacial score (nSPS) is 33.0. The number of ether oxygens (including phenoxy) is 1. The molecule has 0 bridgehead atoms. The number of halogens is 3. The summed E-state index contributed by atoms with van der Waals surface area (Å²) in [5.74, 6) is -2.27. The maximum absolute atomic E-state index is 12.4. The molecule has 1 unspecified atom stereocenters. The van der Waals surface area contributed by atoms with Gasteiger partial charge < -0.3 is 15.0 Å². The topological polar surface area (TPSA) is 58.6 Å². The number of hydrogen-bond acceptors (Lipinski definition) is 3. The number of alkyl halides is 3. The molecule has 2 fully saturated rings. The highest BCUT2D eigenvalue weighted by Crippen LogP contribution is 2.39. The van der Waals surface area contributed by atoms with Gasteiger partial charge in [0.2, 0.25) is 11.8 Å². The minimum absolute atomic E-state index is 0.0430. The molecule has 2 aliphatic rings. The van der Waals surface area contributed by atoms with Crippen molar-refractivity contribution in [2.45, 2.75) is 44.0 Å². The molecule has 0 spiro atoms. The van der Waals surface area contributed by atoms with E-state index in [-0.39, 0.29) is 19.0 Å². The number of nitrogens with zero attached hydrogens (tertiary/aromatic N) is 1. The zero-order valence-corrected chi connectivity index (χ0v) is 12.0. The van der Waals surface area contributed by atoms with Crippen LogP contribution >= 0.6 is 0 Å². The van der Waals surface area contributed by atoms with Gasteiger partial charge in [0.05, 0.1) is 11.6 Å². The van der Waals surface area contributed by atoms with Gasteiger partial charge >= 0.3 is 6.18 Å². The van der Waals surface area contributed by atoms with Crippen molar-refractivity contribution in [3.63, 3.8) is 0 Å². The summed E-state index contributed by atoms with van der Waals surface area (Å²) in [5, 5.41) is 2.69. The highest BCUT2D eigenvalue weighted by Gasteiger charge is 2.52. The van der Waals surface area contributed by atoms with E-state index >= 15 is 0 Å². The predicted molar refractivity (Wildman–Crippen MR) is 67.3 cm³/mol. The minimum Gasteiger partial charge on any atom is -0.376 e. The molecule has 120 valence electrons. The Balaban J connectivity index is 1.93. The Morgan fingerprint density at radius 3 is 2.71 bits per heavy atom. The van der Waals surface area contributed by atoms with Gasteiger partial charge in [-0.15, -0.1) is 0 Å². The van der Waals surface area contributed by atoms with E-state index in [4.69, 9.17) is 4.74 Å². The van der Waals surface area contributed by atoms with E-state index in [0.29, 0.717) is 12.8 Å². The molecule has 8 heteroatoms. The lowest BCUT2D eigenvalue weighted by molar-refractivity contribution is -0.168. The number of carbonyl (C=O) groups excluding carboxylic acids is 2. The van der Waals surface area contributed by atoms with Crippen LogP contribution in [0.5, 0.6) is 0 Å². The number of carbonyl (C=O) groups is 2. The van der Waals surface area contributed by atoms with E-state index in [1.807, 2.05) is 6.92 Å². The lowest BCUT2D eigenvalue weighted by Crippen LogP contribution is -2.51. The molecule has 21 heavy (non-hydrogen) atoms. The fourth-order valence-electron chi connectivity index (χ4n) is 2.60. The summed E-state index contributed by atoms with van der Waals surface area (Å²) in [7, 11) is 1.53. The fourth-order valence-corrected chi connectivity index (χ4v) is 2.60. The lowest BCUT2D eigenvalue weighted by Gasteiger charge is -2.32. The van der Waals surface area contributed by atoms with Gasteiger partial charge in [-0.1, -0.05) is 0 Å². The molecule has 0 radical (unpaired) electrons. The van der Waals surface area contributed by atoms with Crippen LogP contribution in [-0.4, -0.2) is 54.7 Å². The van der Waals surface area contributed by atoms with Crippen LogP contribution in [0.4, 0.5) is 13.2 Å². The largest absolute Gasteiger partial charge is 0.406 e. The first-order valence-electron chi connectivity index (χ1n) is 6.87. The van der Waals surface area contributed by atoms with Crippen LogP contribution in [0.2, 0.25) is 0 Å². The number of nitrogens with one attached hydrogen (secondary N) is 1. The van der Waals surface area contributed by atoms with Gasteiger partial charge in [-0.3, -0.25) is 9.59 Å². The van der Waals surface area contributed by atoms with E-state index in [1.54, 1.807) is 0 Å². The molecule has 1 aliphatic heterocycles. The van der Waals surface area contributed by atoms with Gasteiger partial charge in [0, 0.05) is 20.1 Å². The van der Waals surface area contributed by atoms with E-state index in [1.165, 1.54) is 7.11 Å². The summed E-state index contributed by atoms with van der Waals surface area (Å²) in [6.45, 7) is 0.576. The molecule has 2 rings (SSSR count). The Hall–Kier alpha value is -1.31. The molecule has 1 saturated carbocycles. The van der Waals surface area contributed by atoms with E-state index < -0.39 is 36.1 Å². The van der Waals surface area contributed by atoms with Crippen LogP contribution in [0.25, 0.3) is 0 Å². The van der Waals surface area contributed by atoms with Crippen LogP contribution in [0.1, 0.15) is 26.2 Å². The Morgan fingerprint density at radius 1 is 1.52 bits per heavy atom. The highest BCUT2D eigenvalue weighted by atomic mass is 19.4. The van der Waals surface area contributed by atoms with Gasteiger partial charge in [-0.25, -0.2) is 0 Å². The van der Waals surface area contributed by atoms with Crippen molar-refractivity contribution in [3.8, 4) is 0 Å². The quantitative estimate of drug-likeness (QED) is 0.791. The van der Waals surface area contributed by atoms with Crippen molar-refractivity contribution in [1.82, 2.24) is 10.2 Å². The molecule has 1 aliphatic carbocycles. The first-order chi connectivity index (χ1) is 9.66. The number of rotatable bonds is 4. The zero-order chi connectivity index (χ0) is 15.8. The number of likely N-dealkylation sites (tertiary alicyclic amines) is 1. The summed E-state index contributed by atoms with van der Waals surface area (Å²) in [4.78, 5) is 24.8. The number of methoxy groups -OCH3 is 1. The average molecular weight is 308 g/mol. The van der Waals surface area contributed by atoms with Crippen molar-refractivity contribution < 1.29 is 27.5 Å². The Kier molecular flexibility index (Phi) is 4.19. The molecular weight excluding hydrogens is 289 g/mol. The van der Waals surface area contributed by atoms with Gasteiger partial charge in [0.25, 0.3) is 0 Å². The molecule has 2 amide bonds. The highest BCUT2D eigenvalue weighted by molar-refractivity contribution is 6.01. The molecule has 3 atom stereocenters. The van der Waals surface area contributed by atoms with Crippen LogP contribution < -0.4 is 5.32 Å². The Labute approximate surface area is 120 Å². The third kappa shape index (κ3) is 3.66. The standard InChI is InChI=1S/C13H19F3N2O3/c1-12(21-2)6-9(12)17-10(19)8-4-3-5-18(11(8)20)7-13(14,15)16/h8-9H,3-7H2,1-2H3,(H,17,19)/t8?,9-,12+/m1/s1. The first kappa shape index (κ1) is 16.1. The second-order valence-electron chi connectivity index (χ2n) is 5.85. The maximum atomic E-state index is 12.4. The Bertz CT molecular complexity index is 441. The predicted octanol–water partition coefficient (Wildman–Crippen LogP) is 1.08. The number of hydrogen-bond donors (Lipinski definition) is 1. The summed E-state index contributed by atoms with van der Waals surface area (Å²) in [6, 6.07) is -0.180. The summed E-state index contributed by atoms with van der Waals surface area (Å²) < 4.78 is 42.4. The van der Waals surface area contributed by atoms with Crippen LogP contribution in [0.3, 0.4) is 0 Å². The smallest absolute Gasteiger partial charge is 0.376 e. The van der Waals surface area contributed by atoms with Crippen molar-refractivity contribution in [2.75, 3.05) is 20.2 Å². The summed E-state index contributed by atoms with van der Waals surface area (Å²) in [5.41, 5.74) is -0.432. The van der Waals surface area contributed by atoms with E-state index in [2.05, 4.69) is 5.32 Å². The third-order valence-corrected chi connectivity index (χ3v) is 4.19. The minimum atomic E-state index is -4.45. The van der Waals surface area contributed by atoms with Crippen LogP contribution in [-0.2, 0) is 14.3 Å². The van der Waals surface area contributed by atoms with Crippen molar-refractivity contribution in [3.05, 3.63) is 0 Å². The van der Waals surface area contributed by atoms with Gasteiger partial charge in [0.15, 0.2) is 0 Å². The maximum Gasteiger partial charge on any atom is 0.406 e. The molecule has 0 aromatic rings. The fraction of sp³-hybridized carbons (Fsp3) is 0.846. The SMILES string of the molecule is CO[C@@]1(C)C[C@H]1NC(=O)C1CCCN(CC(F)(F)F)C1=O. The van der Waals surface area contributed by atoms with Crippen molar-refractivity contribution in [2.24, 2.45) is 5.92 Å². The average Bonchev–Trinajstić information content (AvgIpc) is 3.01. The van der Waals surface area contributed by atoms with Crippen LogP contribution in [0, 0.1) is 5.92 Å². The molecule has 1 heterocycles.